The number of nitrogens with one attached hydrogen (secondary N) is 1. The van der Waals surface area contributed by atoms with Crippen LogP contribution in [0.4, 0.5) is 0 Å². The van der Waals surface area contributed by atoms with Crippen LogP contribution in [0.2, 0.25) is 0 Å². The van der Waals surface area contributed by atoms with Crippen molar-refractivity contribution in [3.63, 3.8) is 0 Å². The third kappa shape index (κ3) is 2.40. The molecule has 0 heterocycles. The molecule has 0 saturated carbocycles. The van der Waals surface area contributed by atoms with Crippen LogP contribution in [0.25, 0.3) is 0 Å². The van der Waals surface area contributed by atoms with Crippen LogP contribution >= 0.6 is 0 Å². The monoisotopic (exact) mass is 203 g/mol. The van der Waals surface area contributed by atoms with Gasteiger partial charge in [0.15, 0.2) is 0 Å². The van der Waals surface area contributed by atoms with Crippen molar-refractivity contribution in [1.82, 2.24) is 5.32 Å². The maximum atomic E-state index is 3.56. The summed E-state index contributed by atoms with van der Waals surface area (Å²) >= 11 is 0. The predicted octanol–water partition coefficient (Wildman–Crippen LogP) is 2.79. The number of hydrogen-bond acceptors (Lipinski definition) is 1. The first-order valence-corrected chi connectivity index (χ1v) is 5.89. The largest absolute Gasteiger partial charge is 0.314 e. The maximum absolute atomic E-state index is 3.56. The first-order valence-electron chi connectivity index (χ1n) is 5.89. The average Bonchev–Trinajstić information content (AvgIpc) is 2.52. The zero-order chi connectivity index (χ0) is 10.9. The van der Waals surface area contributed by atoms with Crippen LogP contribution in [0.5, 0.6) is 0 Å². The Balaban J connectivity index is 2.04. The zero-order valence-electron chi connectivity index (χ0n) is 10.0. The van der Waals surface area contributed by atoms with Crippen LogP contribution in [0.15, 0.2) is 24.3 Å². The molecule has 1 aromatic rings. The minimum absolute atomic E-state index is 0.425. The Morgan fingerprint density at radius 3 is 2.20 bits per heavy atom. The summed E-state index contributed by atoms with van der Waals surface area (Å²) in [6, 6.07) is 9.44. The molecular weight excluding hydrogens is 182 g/mol. The van der Waals surface area contributed by atoms with Gasteiger partial charge in [-0.3, -0.25) is 0 Å². The summed E-state index contributed by atoms with van der Waals surface area (Å²) < 4.78 is 0. The first-order chi connectivity index (χ1) is 7.09. The highest BCUT2D eigenvalue weighted by molar-refractivity contribution is 5.34. The number of hydrogen-bond donors (Lipinski definition) is 1. The lowest BCUT2D eigenvalue weighted by Gasteiger charge is -2.25. The lowest BCUT2D eigenvalue weighted by atomic mass is 9.87. The Bertz CT molecular complexity index is 316. The van der Waals surface area contributed by atoms with E-state index < -0.39 is 0 Å². The number of benzene rings is 1. The fourth-order valence-electron chi connectivity index (χ4n) is 2.46. The van der Waals surface area contributed by atoms with Gasteiger partial charge < -0.3 is 5.32 Å². The Kier molecular flexibility index (Phi) is 2.83. The van der Waals surface area contributed by atoms with Crippen LogP contribution in [0.1, 0.15) is 31.9 Å². The average molecular weight is 203 g/mol. The Morgan fingerprint density at radius 1 is 1.20 bits per heavy atom. The van der Waals surface area contributed by atoms with Crippen molar-refractivity contribution in [2.45, 2.75) is 39.7 Å². The van der Waals surface area contributed by atoms with E-state index in [-0.39, 0.29) is 0 Å². The standard InChI is InChI=1S/C14H21N/c1-11(2)15-10-14(3)8-12-6-4-5-7-13(12)9-14/h4-7,11,15H,8-10H2,1-3H3. The normalized spacial score (nSPS) is 18.1. The number of fused-ring (bicyclic) bond motifs is 1. The number of rotatable bonds is 3. The molecule has 0 atom stereocenters. The van der Waals surface area contributed by atoms with E-state index in [1.165, 1.54) is 12.8 Å². The van der Waals surface area contributed by atoms with Gasteiger partial charge in [-0.2, -0.15) is 0 Å². The Morgan fingerprint density at radius 2 is 1.73 bits per heavy atom. The summed E-state index contributed by atoms with van der Waals surface area (Å²) in [6.45, 7) is 7.94. The van der Waals surface area contributed by atoms with Crippen molar-refractivity contribution in [2.24, 2.45) is 5.41 Å². The van der Waals surface area contributed by atoms with E-state index in [1.54, 1.807) is 11.1 Å². The first kappa shape index (κ1) is 10.7. The van der Waals surface area contributed by atoms with Crippen LogP contribution < -0.4 is 5.32 Å². The minimum Gasteiger partial charge on any atom is -0.314 e. The van der Waals surface area contributed by atoms with Gasteiger partial charge >= 0.3 is 0 Å². The van der Waals surface area contributed by atoms with Gasteiger partial charge in [-0.15, -0.1) is 0 Å². The van der Waals surface area contributed by atoms with Gasteiger partial charge in [0.25, 0.3) is 0 Å². The fourth-order valence-corrected chi connectivity index (χ4v) is 2.46. The van der Waals surface area contributed by atoms with E-state index in [9.17, 15) is 0 Å². The van der Waals surface area contributed by atoms with E-state index in [0.29, 0.717) is 11.5 Å². The van der Waals surface area contributed by atoms with Crippen molar-refractivity contribution in [3.8, 4) is 0 Å². The second kappa shape index (κ2) is 3.97. The zero-order valence-corrected chi connectivity index (χ0v) is 10.0. The van der Waals surface area contributed by atoms with Crippen molar-refractivity contribution < 1.29 is 0 Å². The molecule has 1 heteroatoms. The van der Waals surface area contributed by atoms with Gasteiger partial charge in [-0.05, 0) is 29.4 Å². The van der Waals surface area contributed by atoms with Crippen molar-refractivity contribution >= 4 is 0 Å². The molecule has 1 aromatic carbocycles. The molecule has 1 nitrogen and oxygen atoms in total. The lowest BCUT2D eigenvalue weighted by molar-refractivity contribution is 0.312. The second-order valence-corrected chi connectivity index (χ2v) is 5.47. The molecule has 1 N–H and O–H groups in total. The highest BCUT2D eigenvalue weighted by atomic mass is 14.9. The summed E-state index contributed by atoms with van der Waals surface area (Å²) in [7, 11) is 0. The lowest BCUT2D eigenvalue weighted by Crippen LogP contribution is -2.36. The topological polar surface area (TPSA) is 12.0 Å². The summed E-state index contributed by atoms with van der Waals surface area (Å²) in [5.41, 5.74) is 3.52. The highest BCUT2D eigenvalue weighted by Crippen LogP contribution is 2.35. The second-order valence-electron chi connectivity index (χ2n) is 5.47. The predicted molar refractivity (Wildman–Crippen MR) is 65.1 cm³/mol. The minimum atomic E-state index is 0.425. The van der Waals surface area contributed by atoms with Crippen LogP contribution in [-0.4, -0.2) is 12.6 Å². The highest BCUT2D eigenvalue weighted by Gasteiger charge is 2.32. The molecule has 0 radical (unpaired) electrons. The molecule has 1 aliphatic carbocycles. The molecule has 1 aliphatic rings. The Hall–Kier alpha value is -0.820. The fraction of sp³-hybridized carbons (Fsp3) is 0.571. The summed E-state index contributed by atoms with van der Waals surface area (Å²) in [6.07, 6.45) is 2.45. The quantitative estimate of drug-likeness (QED) is 0.796. The molecule has 82 valence electrons. The van der Waals surface area contributed by atoms with Crippen molar-refractivity contribution in [1.29, 1.82) is 0 Å². The molecule has 0 aliphatic heterocycles. The maximum Gasteiger partial charge on any atom is 0.00139 e. The Labute approximate surface area is 92.9 Å². The molecule has 0 saturated heterocycles. The molecule has 0 unspecified atom stereocenters. The summed E-state index contributed by atoms with van der Waals surface area (Å²) in [5, 5.41) is 3.56. The van der Waals surface area contributed by atoms with Gasteiger partial charge in [0, 0.05) is 12.6 Å². The molecule has 0 amide bonds. The van der Waals surface area contributed by atoms with Gasteiger partial charge in [0.1, 0.15) is 0 Å². The van der Waals surface area contributed by atoms with Crippen molar-refractivity contribution in [2.75, 3.05) is 6.54 Å². The summed E-state index contributed by atoms with van der Waals surface area (Å²) in [5.74, 6) is 0. The molecule has 0 aromatic heterocycles. The van der Waals surface area contributed by atoms with E-state index in [2.05, 4.69) is 50.4 Å². The van der Waals surface area contributed by atoms with E-state index in [4.69, 9.17) is 0 Å². The van der Waals surface area contributed by atoms with E-state index in [0.717, 1.165) is 6.54 Å². The molecule has 0 fully saturated rings. The van der Waals surface area contributed by atoms with Gasteiger partial charge in [0.05, 0.1) is 0 Å². The van der Waals surface area contributed by atoms with E-state index >= 15 is 0 Å². The molecular formula is C14H21N. The van der Waals surface area contributed by atoms with Gasteiger partial charge in [-0.1, -0.05) is 45.0 Å². The molecule has 0 spiro atoms. The van der Waals surface area contributed by atoms with Gasteiger partial charge in [-0.25, -0.2) is 0 Å². The van der Waals surface area contributed by atoms with Crippen LogP contribution in [-0.2, 0) is 12.8 Å². The smallest absolute Gasteiger partial charge is 0.00139 e. The van der Waals surface area contributed by atoms with Crippen LogP contribution in [0, 0.1) is 5.41 Å². The molecule has 15 heavy (non-hydrogen) atoms. The molecule has 2 rings (SSSR count). The van der Waals surface area contributed by atoms with Gasteiger partial charge in [0.2, 0.25) is 0 Å². The van der Waals surface area contributed by atoms with Crippen LogP contribution in [0.3, 0.4) is 0 Å². The third-order valence-corrected chi connectivity index (χ3v) is 3.29. The third-order valence-electron chi connectivity index (χ3n) is 3.29. The SMILES string of the molecule is CC(C)NCC1(C)Cc2ccccc2C1. The molecule has 0 bridgehead atoms. The van der Waals surface area contributed by atoms with E-state index in [1.807, 2.05) is 0 Å². The van der Waals surface area contributed by atoms with Crippen molar-refractivity contribution in [3.05, 3.63) is 35.4 Å². The summed E-state index contributed by atoms with van der Waals surface area (Å²) in [4.78, 5) is 0.